The largest absolute Gasteiger partial charge is 0.466 e. The summed E-state index contributed by atoms with van der Waals surface area (Å²) in [6.45, 7) is 1.86. The predicted molar refractivity (Wildman–Crippen MR) is 66.0 cm³/mol. The molecule has 5 heteroatoms. The van der Waals surface area contributed by atoms with Crippen molar-refractivity contribution < 1.29 is 9.53 Å². The molecule has 0 radical (unpaired) electrons. The van der Waals surface area contributed by atoms with Gasteiger partial charge in [0.15, 0.2) is 0 Å². The summed E-state index contributed by atoms with van der Waals surface area (Å²) in [7, 11) is 1.31. The van der Waals surface area contributed by atoms with E-state index in [1.165, 1.54) is 19.4 Å². The normalized spacial score (nSPS) is 10.5. The highest BCUT2D eigenvalue weighted by Crippen LogP contribution is 2.28. The minimum atomic E-state index is -0.443. The molecule has 0 unspecified atom stereocenters. The molecular formula is C11H11Cl2NO2. The van der Waals surface area contributed by atoms with Crippen molar-refractivity contribution in [2.45, 2.75) is 6.92 Å². The number of nitrogens with one attached hydrogen (secondary N) is 1. The van der Waals surface area contributed by atoms with Gasteiger partial charge in [0, 0.05) is 17.3 Å². The molecule has 0 aliphatic rings. The summed E-state index contributed by atoms with van der Waals surface area (Å²) in [4.78, 5) is 10.8. The van der Waals surface area contributed by atoms with Gasteiger partial charge in [0.2, 0.25) is 0 Å². The highest BCUT2D eigenvalue weighted by atomic mass is 35.5. The molecule has 1 N–H and O–H groups in total. The van der Waals surface area contributed by atoms with Gasteiger partial charge in [0.1, 0.15) is 0 Å². The topological polar surface area (TPSA) is 38.3 Å². The lowest BCUT2D eigenvalue weighted by Gasteiger charge is -2.06. The zero-order valence-electron chi connectivity index (χ0n) is 8.88. The maximum absolute atomic E-state index is 10.8. The maximum atomic E-state index is 10.8. The van der Waals surface area contributed by atoms with E-state index < -0.39 is 5.97 Å². The number of methoxy groups -OCH3 is 1. The summed E-state index contributed by atoms with van der Waals surface area (Å²) >= 11 is 11.9. The molecule has 0 atom stereocenters. The molecule has 0 saturated carbocycles. The molecule has 0 aliphatic heterocycles. The summed E-state index contributed by atoms with van der Waals surface area (Å²) in [5.41, 5.74) is 1.53. The third-order valence-electron chi connectivity index (χ3n) is 1.91. The minimum Gasteiger partial charge on any atom is -0.466 e. The zero-order chi connectivity index (χ0) is 12.1. The van der Waals surface area contributed by atoms with Crippen molar-refractivity contribution in [3.63, 3.8) is 0 Å². The number of anilines is 1. The third kappa shape index (κ3) is 3.43. The van der Waals surface area contributed by atoms with Gasteiger partial charge in [0.25, 0.3) is 0 Å². The maximum Gasteiger partial charge on any atom is 0.331 e. The summed E-state index contributed by atoms with van der Waals surface area (Å²) in [6.07, 6.45) is 2.70. The minimum absolute atomic E-state index is 0.443. The van der Waals surface area contributed by atoms with Gasteiger partial charge in [0.05, 0.1) is 17.8 Å². The molecule has 0 fully saturated rings. The monoisotopic (exact) mass is 259 g/mol. The van der Waals surface area contributed by atoms with Crippen LogP contribution in [-0.4, -0.2) is 13.1 Å². The van der Waals surface area contributed by atoms with Gasteiger partial charge in [-0.3, -0.25) is 0 Å². The second kappa shape index (κ2) is 5.77. The molecule has 1 rings (SSSR count). The Labute approximate surface area is 104 Å². The smallest absolute Gasteiger partial charge is 0.331 e. The Morgan fingerprint density at radius 3 is 2.69 bits per heavy atom. The lowest BCUT2D eigenvalue weighted by molar-refractivity contribution is -0.134. The van der Waals surface area contributed by atoms with Crippen LogP contribution in [-0.2, 0) is 9.53 Å². The van der Waals surface area contributed by atoms with E-state index in [-0.39, 0.29) is 0 Å². The Morgan fingerprint density at radius 2 is 2.06 bits per heavy atom. The Balaban J connectivity index is 2.78. The second-order valence-corrected chi connectivity index (χ2v) is 3.90. The SMILES string of the molecule is COC(=O)/C=C/Nc1cc(Cl)c(C)cc1Cl. The van der Waals surface area contributed by atoms with Crippen molar-refractivity contribution in [3.8, 4) is 0 Å². The first kappa shape index (κ1) is 12.9. The first-order valence-electron chi connectivity index (χ1n) is 4.51. The summed E-state index contributed by atoms with van der Waals surface area (Å²) in [6, 6.07) is 3.44. The van der Waals surface area contributed by atoms with E-state index in [9.17, 15) is 4.79 Å². The van der Waals surface area contributed by atoms with Crippen LogP contribution in [0.15, 0.2) is 24.4 Å². The predicted octanol–water partition coefficient (Wildman–Crippen LogP) is 3.40. The van der Waals surface area contributed by atoms with Gasteiger partial charge in [-0.1, -0.05) is 23.2 Å². The molecule has 0 amide bonds. The Morgan fingerprint density at radius 1 is 1.38 bits per heavy atom. The Hall–Kier alpha value is -1.19. The number of esters is 1. The van der Waals surface area contributed by atoms with E-state index in [0.717, 1.165) is 5.56 Å². The van der Waals surface area contributed by atoms with Crippen LogP contribution >= 0.6 is 23.2 Å². The molecule has 86 valence electrons. The average molecular weight is 260 g/mol. The van der Waals surface area contributed by atoms with Crippen molar-refractivity contribution in [2.75, 3.05) is 12.4 Å². The number of rotatable bonds is 3. The Bertz CT molecular complexity index is 430. The van der Waals surface area contributed by atoms with Crippen molar-refractivity contribution in [2.24, 2.45) is 0 Å². The van der Waals surface area contributed by atoms with Crippen LogP contribution in [0.3, 0.4) is 0 Å². The van der Waals surface area contributed by atoms with Crippen LogP contribution in [0.25, 0.3) is 0 Å². The summed E-state index contributed by atoms with van der Waals surface area (Å²) in [5, 5.41) is 4.00. The molecule has 0 bridgehead atoms. The number of halogens is 2. The highest BCUT2D eigenvalue weighted by Gasteiger charge is 2.03. The van der Waals surface area contributed by atoms with Crippen LogP contribution in [0.4, 0.5) is 5.69 Å². The molecule has 0 aromatic heterocycles. The van der Waals surface area contributed by atoms with Crippen molar-refractivity contribution in [1.82, 2.24) is 0 Å². The molecule has 3 nitrogen and oxygen atoms in total. The molecule has 0 aliphatic carbocycles. The van der Waals surface area contributed by atoms with Crippen molar-refractivity contribution in [1.29, 1.82) is 0 Å². The molecule has 0 heterocycles. The number of hydrogen-bond donors (Lipinski definition) is 1. The first-order chi connectivity index (χ1) is 7.54. The van der Waals surface area contributed by atoms with Crippen LogP contribution in [0.2, 0.25) is 10.0 Å². The molecular weight excluding hydrogens is 249 g/mol. The van der Waals surface area contributed by atoms with E-state index >= 15 is 0 Å². The van der Waals surface area contributed by atoms with Gasteiger partial charge in [-0.05, 0) is 24.6 Å². The van der Waals surface area contributed by atoms with Crippen LogP contribution in [0.1, 0.15) is 5.56 Å². The van der Waals surface area contributed by atoms with E-state index in [1.54, 1.807) is 12.1 Å². The van der Waals surface area contributed by atoms with Gasteiger partial charge in [-0.15, -0.1) is 0 Å². The summed E-state index contributed by atoms with van der Waals surface area (Å²) in [5.74, 6) is -0.443. The fourth-order valence-corrected chi connectivity index (χ4v) is 1.46. The lowest BCUT2D eigenvalue weighted by Crippen LogP contribution is -1.97. The molecule has 0 saturated heterocycles. The number of carbonyl (C=O) groups is 1. The number of aryl methyl sites for hydroxylation is 1. The second-order valence-electron chi connectivity index (χ2n) is 3.08. The lowest BCUT2D eigenvalue weighted by atomic mass is 10.2. The number of hydrogen-bond acceptors (Lipinski definition) is 3. The van der Waals surface area contributed by atoms with Crippen LogP contribution in [0, 0.1) is 6.92 Å². The highest BCUT2D eigenvalue weighted by molar-refractivity contribution is 6.35. The van der Waals surface area contributed by atoms with Crippen molar-refractivity contribution in [3.05, 3.63) is 40.0 Å². The first-order valence-corrected chi connectivity index (χ1v) is 5.27. The van der Waals surface area contributed by atoms with Crippen LogP contribution in [0.5, 0.6) is 0 Å². The van der Waals surface area contributed by atoms with Gasteiger partial charge in [-0.25, -0.2) is 4.79 Å². The fourth-order valence-electron chi connectivity index (χ4n) is 1.02. The average Bonchev–Trinajstić information content (AvgIpc) is 2.25. The molecule has 1 aromatic rings. The number of benzene rings is 1. The quantitative estimate of drug-likeness (QED) is 0.668. The fraction of sp³-hybridized carbons (Fsp3) is 0.182. The van der Waals surface area contributed by atoms with Crippen LogP contribution < -0.4 is 5.32 Å². The van der Waals surface area contributed by atoms with Crippen molar-refractivity contribution >= 4 is 34.9 Å². The summed E-state index contributed by atoms with van der Waals surface area (Å²) < 4.78 is 4.44. The van der Waals surface area contributed by atoms with E-state index in [0.29, 0.717) is 15.7 Å². The van der Waals surface area contributed by atoms with Gasteiger partial charge >= 0.3 is 5.97 Å². The third-order valence-corrected chi connectivity index (χ3v) is 2.63. The number of ether oxygens (including phenoxy) is 1. The van der Waals surface area contributed by atoms with E-state index in [2.05, 4.69) is 10.1 Å². The van der Waals surface area contributed by atoms with Gasteiger partial charge < -0.3 is 10.1 Å². The number of carbonyl (C=O) groups excluding carboxylic acids is 1. The van der Waals surface area contributed by atoms with E-state index in [4.69, 9.17) is 23.2 Å². The molecule has 16 heavy (non-hydrogen) atoms. The zero-order valence-corrected chi connectivity index (χ0v) is 10.4. The Kier molecular flexibility index (Phi) is 4.65. The molecule has 0 spiro atoms. The van der Waals surface area contributed by atoms with E-state index in [1.807, 2.05) is 6.92 Å². The van der Waals surface area contributed by atoms with Gasteiger partial charge in [-0.2, -0.15) is 0 Å². The molecule has 1 aromatic carbocycles. The standard InChI is InChI=1S/C11H11Cl2NO2/c1-7-5-9(13)10(6-8(7)12)14-4-3-11(15)16-2/h3-6,14H,1-2H3/b4-3+.